The van der Waals surface area contributed by atoms with E-state index in [2.05, 4.69) is 10.1 Å². The molecule has 0 aliphatic carbocycles. The van der Waals surface area contributed by atoms with Gasteiger partial charge in [0.2, 0.25) is 0 Å². The van der Waals surface area contributed by atoms with E-state index in [1.54, 1.807) is 0 Å². The van der Waals surface area contributed by atoms with E-state index in [1.807, 2.05) is 0 Å². The molecule has 0 radical (unpaired) electrons. The van der Waals surface area contributed by atoms with E-state index in [0.29, 0.717) is 5.56 Å². The lowest BCUT2D eigenvalue weighted by Crippen LogP contribution is -2.44. The molecular formula is C12H14FNO4. The zero-order chi connectivity index (χ0) is 13.7. The molecule has 1 rings (SSSR count). The summed E-state index contributed by atoms with van der Waals surface area (Å²) in [7, 11) is 1.31. The molecule has 0 saturated carbocycles. The zero-order valence-corrected chi connectivity index (χ0v) is 10.1. The Labute approximate surface area is 104 Å². The summed E-state index contributed by atoms with van der Waals surface area (Å²) in [5.41, 5.74) is 0.138. The molecule has 18 heavy (non-hydrogen) atoms. The molecule has 0 saturated heterocycles. The van der Waals surface area contributed by atoms with Crippen LogP contribution in [0.4, 0.5) is 4.39 Å². The number of benzene rings is 1. The van der Waals surface area contributed by atoms with Crippen molar-refractivity contribution in [2.75, 3.05) is 13.7 Å². The van der Waals surface area contributed by atoms with Crippen molar-refractivity contribution in [2.45, 2.75) is 13.0 Å². The molecule has 1 atom stereocenters. The van der Waals surface area contributed by atoms with Crippen LogP contribution >= 0.6 is 0 Å². The molecule has 2 N–H and O–H groups in total. The van der Waals surface area contributed by atoms with Crippen molar-refractivity contribution < 1.29 is 23.8 Å². The Hall–Kier alpha value is -1.95. The second-order valence-corrected chi connectivity index (χ2v) is 3.76. The smallest absolute Gasteiger partial charge is 0.328 e. The second-order valence-electron chi connectivity index (χ2n) is 3.76. The molecule has 0 aliphatic rings. The van der Waals surface area contributed by atoms with E-state index in [0.717, 1.165) is 0 Å². The van der Waals surface area contributed by atoms with Crippen LogP contribution in [0, 0.1) is 12.7 Å². The summed E-state index contributed by atoms with van der Waals surface area (Å²) in [6.45, 7) is 1.34. The molecule has 0 spiro atoms. The first-order valence-corrected chi connectivity index (χ1v) is 5.25. The van der Waals surface area contributed by atoms with Crippen LogP contribution in [0.3, 0.4) is 0 Å². The van der Waals surface area contributed by atoms with Crippen LogP contribution in [-0.4, -0.2) is 36.7 Å². The van der Waals surface area contributed by atoms with Gasteiger partial charge in [-0.2, -0.15) is 0 Å². The second kappa shape index (κ2) is 6.11. The third-order valence-electron chi connectivity index (χ3n) is 2.37. The van der Waals surface area contributed by atoms with Gasteiger partial charge in [-0.3, -0.25) is 4.79 Å². The molecule has 0 heterocycles. The highest BCUT2D eigenvalue weighted by atomic mass is 19.1. The first-order chi connectivity index (χ1) is 8.47. The number of nitrogens with one attached hydrogen (secondary N) is 1. The standard InChI is InChI=1S/C12H14FNO4/c1-7-4-3-5-8(10(7)13)11(15)14-9(6-18-2)12(16)17/h3-5,9H,6H2,1-2H3,(H,14,15)(H,16,17). The van der Waals surface area contributed by atoms with Crippen molar-refractivity contribution in [3.05, 3.63) is 35.1 Å². The Balaban J connectivity index is 2.87. The number of halogens is 1. The van der Waals surface area contributed by atoms with Crippen molar-refractivity contribution in [2.24, 2.45) is 0 Å². The van der Waals surface area contributed by atoms with Gasteiger partial charge in [-0.15, -0.1) is 0 Å². The number of carbonyl (C=O) groups excluding carboxylic acids is 1. The van der Waals surface area contributed by atoms with E-state index >= 15 is 0 Å². The first kappa shape index (κ1) is 14.1. The number of carboxylic acid groups (broad SMARTS) is 1. The van der Waals surface area contributed by atoms with Crippen LogP contribution in [0.5, 0.6) is 0 Å². The first-order valence-electron chi connectivity index (χ1n) is 5.25. The molecule has 0 fully saturated rings. The third kappa shape index (κ3) is 3.27. The number of amides is 1. The summed E-state index contributed by atoms with van der Waals surface area (Å²) < 4.78 is 18.3. The molecule has 1 amide bonds. The average Bonchev–Trinajstić information content (AvgIpc) is 2.31. The molecule has 0 aliphatic heterocycles. The fourth-order valence-corrected chi connectivity index (χ4v) is 1.40. The molecular weight excluding hydrogens is 241 g/mol. The Kier molecular flexibility index (Phi) is 4.79. The number of carbonyl (C=O) groups is 2. The largest absolute Gasteiger partial charge is 0.480 e. The molecule has 0 aromatic heterocycles. The van der Waals surface area contributed by atoms with Crippen molar-refractivity contribution in [3.8, 4) is 0 Å². The predicted octanol–water partition coefficient (Wildman–Crippen LogP) is 0.964. The minimum absolute atomic E-state index is 0.183. The summed E-state index contributed by atoms with van der Waals surface area (Å²) in [6.07, 6.45) is 0. The normalized spacial score (nSPS) is 11.9. The number of rotatable bonds is 5. The maximum absolute atomic E-state index is 13.6. The van der Waals surface area contributed by atoms with Crippen molar-refractivity contribution in [3.63, 3.8) is 0 Å². The van der Waals surface area contributed by atoms with Gasteiger partial charge in [0.05, 0.1) is 12.2 Å². The number of ether oxygens (including phenoxy) is 1. The van der Waals surface area contributed by atoms with Gasteiger partial charge in [0.25, 0.3) is 5.91 Å². The number of aryl methyl sites for hydroxylation is 1. The van der Waals surface area contributed by atoms with Crippen molar-refractivity contribution in [1.29, 1.82) is 0 Å². The fourth-order valence-electron chi connectivity index (χ4n) is 1.40. The lowest BCUT2D eigenvalue weighted by molar-refractivity contribution is -0.140. The Bertz CT molecular complexity index is 461. The lowest BCUT2D eigenvalue weighted by atomic mass is 10.1. The van der Waals surface area contributed by atoms with Gasteiger partial charge in [0, 0.05) is 7.11 Å². The zero-order valence-electron chi connectivity index (χ0n) is 10.1. The predicted molar refractivity (Wildman–Crippen MR) is 61.9 cm³/mol. The van der Waals surface area contributed by atoms with Gasteiger partial charge in [-0.1, -0.05) is 12.1 Å². The Morgan fingerprint density at radius 3 is 2.72 bits per heavy atom. The van der Waals surface area contributed by atoms with Crippen molar-refractivity contribution >= 4 is 11.9 Å². The van der Waals surface area contributed by atoms with Crippen LogP contribution in [0.2, 0.25) is 0 Å². The van der Waals surface area contributed by atoms with Crippen molar-refractivity contribution in [1.82, 2.24) is 5.32 Å². The Morgan fingerprint density at radius 1 is 1.50 bits per heavy atom. The number of hydrogen-bond acceptors (Lipinski definition) is 3. The minimum atomic E-state index is -1.24. The quantitative estimate of drug-likeness (QED) is 0.821. The van der Waals surface area contributed by atoms with Gasteiger partial charge < -0.3 is 15.2 Å². The number of carboxylic acids is 1. The van der Waals surface area contributed by atoms with E-state index in [9.17, 15) is 14.0 Å². The molecule has 1 aromatic rings. The summed E-state index contributed by atoms with van der Waals surface area (Å²) in [6, 6.07) is 3.14. The van der Waals surface area contributed by atoms with Crippen LogP contribution in [0.15, 0.2) is 18.2 Å². The Morgan fingerprint density at radius 2 is 2.17 bits per heavy atom. The number of methoxy groups -OCH3 is 1. The van der Waals surface area contributed by atoms with Gasteiger partial charge in [0.1, 0.15) is 5.82 Å². The van der Waals surface area contributed by atoms with Gasteiger partial charge in [-0.25, -0.2) is 9.18 Å². The van der Waals surface area contributed by atoms with E-state index in [-0.39, 0.29) is 12.2 Å². The van der Waals surface area contributed by atoms with Crippen LogP contribution in [0.25, 0.3) is 0 Å². The van der Waals surface area contributed by atoms with Crippen LogP contribution < -0.4 is 5.32 Å². The summed E-state index contributed by atoms with van der Waals surface area (Å²) >= 11 is 0. The average molecular weight is 255 g/mol. The number of hydrogen-bond donors (Lipinski definition) is 2. The molecule has 0 bridgehead atoms. The fraction of sp³-hybridized carbons (Fsp3) is 0.333. The molecule has 1 aromatic carbocycles. The van der Waals surface area contributed by atoms with Gasteiger partial charge in [-0.05, 0) is 18.6 Å². The van der Waals surface area contributed by atoms with Gasteiger partial charge in [0.15, 0.2) is 6.04 Å². The monoisotopic (exact) mass is 255 g/mol. The van der Waals surface area contributed by atoms with E-state index < -0.39 is 23.7 Å². The molecule has 6 heteroatoms. The summed E-state index contributed by atoms with van der Waals surface area (Å²) in [5, 5.41) is 11.0. The van der Waals surface area contributed by atoms with E-state index in [1.165, 1.54) is 32.2 Å². The molecule has 98 valence electrons. The topological polar surface area (TPSA) is 75.6 Å². The number of aliphatic carboxylic acids is 1. The summed E-state index contributed by atoms with van der Waals surface area (Å²) in [5.74, 6) is -2.67. The third-order valence-corrected chi connectivity index (χ3v) is 2.37. The maximum atomic E-state index is 13.6. The highest BCUT2D eigenvalue weighted by Gasteiger charge is 2.22. The van der Waals surface area contributed by atoms with Gasteiger partial charge >= 0.3 is 5.97 Å². The molecule has 5 nitrogen and oxygen atoms in total. The summed E-state index contributed by atoms with van der Waals surface area (Å²) in [4.78, 5) is 22.6. The highest BCUT2D eigenvalue weighted by Crippen LogP contribution is 2.11. The minimum Gasteiger partial charge on any atom is -0.480 e. The highest BCUT2D eigenvalue weighted by molar-refractivity contribution is 5.97. The van der Waals surface area contributed by atoms with E-state index in [4.69, 9.17) is 5.11 Å². The van der Waals surface area contributed by atoms with Crippen LogP contribution in [-0.2, 0) is 9.53 Å². The lowest BCUT2D eigenvalue weighted by Gasteiger charge is -2.14. The SMILES string of the molecule is COCC(NC(=O)c1cccc(C)c1F)C(=O)O. The maximum Gasteiger partial charge on any atom is 0.328 e. The molecule has 1 unspecified atom stereocenters. The van der Waals surface area contributed by atoms with Crippen LogP contribution in [0.1, 0.15) is 15.9 Å².